The van der Waals surface area contributed by atoms with Crippen LogP contribution in [0, 0.1) is 6.92 Å². The minimum absolute atomic E-state index is 0.161. The van der Waals surface area contributed by atoms with Gasteiger partial charge in [0, 0.05) is 26.7 Å². The predicted molar refractivity (Wildman–Crippen MR) is 76.2 cm³/mol. The Bertz CT molecular complexity index is 398. The molecule has 0 saturated heterocycles. The van der Waals surface area contributed by atoms with Crippen LogP contribution >= 0.6 is 27.3 Å². The minimum Gasteiger partial charge on any atom is -0.388 e. The largest absolute Gasteiger partial charge is 0.388 e. The van der Waals surface area contributed by atoms with Gasteiger partial charge >= 0.3 is 0 Å². The number of hydrogen-bond donors (Lipinski definition) is 2. The Morgan fingerprint density at radius 1 is 1.67 bits per heavy atom. The smallest absolute Gasteiger partial charge is 0.261 e. The van der Waals surface area contributed by atoms with Crippen LogP contribution in [-0.4, -0.2) is 36.9 Å². The summed E-state index contributed by atoms with van der Waals surface area (Å²) in [6, 6.07) is 1.83. The standard InChI is InChI=1S/C12H18BrNO3S/c1-8-6-9(18-10(8)13)11(15)14-7-12(2,16)4-5-17-3/h6,16H,4-5,7H2,1-3H3,(H,14,15). The summed E-state index contributed by atoms with van der Waals surface area (Å²) in [5.41, 5.74) is 0.0890. The Morgan fingerprint density at radius 2 is 2.33 bits per heavy atom. The molecule has 1 unspecified atom stereocenters. The van der Waals surface area contributed by atoms with Gasteiger partial charge in [-0.25, -0.2) is 0 Å². The molecule has 18 heavy (non-hydrogen) atoms. The molecule has 0 saturated carbocycles. The average molecular weight is 336 g/mol. The van der Waals surface area contributed by atoms with E-state index in [1.54, 1.807) is 14.0 Å². The van der Waals surface area contributed by atoms with Crippen LogP contribution in [0.3, 0.4) is 0 Å². The molecule has 0 aliphatic carbocycles. The summed E-state index contributed by atoms with van der Waals surface area (Å²) in [5.74, 6) is -0.161. The Hall–Kier alpha value is -0.430. The SMILES string of the molecule is COCCC(C)(O)CNC(=O)c1cc(C)c(Br)s1. The monoisotopic (exact) mass is 335 g/mol. The van der Waals surface area contributed by atoms with Crippen molar-refractivity contribution in [3.63, 3.8) is 0 Å². The first-order valence-corrected chi connectivity index (χ1v) is 7.22. The number of nitrogens with one attached hydrogen (secondary N) is 1. The molecule has 1 heterocycles. The number of carbonyl (C=O) groups is 1. The van der Waals surface area contributed by atoms with Crippen LogP contribution in [0.5, 0.6) is 0 Å². The third kappa shape index (κ3) is 4.68. The van der Waals surface area contributed by atoms with Crippen molar-refractivity contribution in [2.75, 3.05) is 20.3 Å². The first kappa shape index (κ1) is 15.6. The van der Waals surface area contributed by atoms with Crippen LogP contribution in [0.4, 0.5) is 0 Å². The lowest BCUT2D eigenvalue weighted by Crippen LogP contribution is -2.41. The highest BCUT2D eigenvalue weighted by molar-refractivity contribution is 9.11. The van der Waals surface area contributed by atoms with Crippen molar-refractivity contribution >= 4 is 33.2 Å². The molecule has 0 aliphatic rings. The number of thiophene rings is 1. The second-order valence-electron chi connectivity index (χ2n) is 4.49. The normalized spacial score (nSPS) is 14.3. The molecular formula is C12H18BrNO3S. The fourth-order valence-corrected chi connectivity index (χ4v) is 2.79. The zero-order valence-electron chi connectivity index (χ0n) is 10.7. The fraction of sp³-hybridized carbons (Fsp3) is 0.583. The van der Waals surface area contributed by atoms with Gasteiger partial charge in [0.25, 0.3) is 5.91 Å². The van der Waals surface area contributed by atoms with E-state index in [4.69, 9.17) is 4.74 Å². The fourth-order valence-electron chi connectivity index (χ4n) is 1.34. The zero-order valence-corrected chi connectivity index (χ0v) is 13.2. The number of aryl methyl sites for hydroxylation is 1. The van der Waals surface area contributed by atoms with Gasteiger partial charge in [0.05, 0.1) is 14.3 Å². The van der Waals surface area contributed by atoms with Crippen LogP contribution in [0.15, 0.2) is 9.85 Å². The minimum atomic E-state index is -0.949. The quantitative estimate of drug-likeness (QED) is 0.838. The topological polar surface area (TPSA) is 58.6 Å². The van der Waals surface area contributed by atoms with Gasteiger partial charge in [0.2, 0.25) is 0 Å². The van der Waals surface area contributed by atoms with E-state index < -0.39 is 5.60 Å². The molecule has 0 aliphatic heterocycles. The summed E-state index contributed by atoms with van der Waals surface area (Å²) in [6.45, 7) is 4.30. The first-order valence-electron chi connectivity index (χ1n) is 5.61. The molecule has 4 nitrogen and oxygen atoms in total. The van der Waals surface area contributed by atoms with Crippen LogP contribution in [0.2, 0.25) is 0 Å². The Labute approximate surface area is 119 Å². The molecule has 102 valence electrons. The van der Waals surface area contributed by atoms with E-state index >= 15 is 0 Å². The third-order valence-corrected chi connectivity index (χ3v) is 4.69. The van der Waals surface area contributed by atoms with Crippen molar-refractivity contribution in [1.82, 2.24) is 5.32 Å². The van der Waals surface area contributed by atoms with Crippen LogP contribution in [0.1, 0.15) is 28.6 Å². The van der Waals surface area contributed by atoms with Gasteiger partial charge in [-0.1, -0.05) is 0 Å². The van der Waals surface area contributed by atoms with E-state index in [1.807, 2.05) is 13.0 Å². The van der Waals surface area contributed by atoms with Gasteiger partial charge in [-0.15, -0.1) is 11.3 Å². The van der Waals surface area contributed by atoms with Gasteiger partial charge in [0.1, 0.15) is 0 Å². The number of hydrogen-bond acceptors (Lipinski definition) is 4. The van der Waals surface area contributed by atoms with Gasteiger partial charge in [-0.2, -0.15) is 0 Å². The lowest BCUT2D eigenvalue weighted by atomic mass is 10.0. The van der Waals surface area contributed by atoms with E-state index in [0.29, 0.717) is 17.9 Å². The van der Waals surface area contributed by atoms with Gasteiger partial charge in [-0.05, 0) is 41.4 Å². The molecule has 0 fully saturated rings. The van der Waals surface area contributed by atoms with Crippen LogP contribution in [-0.2, 0) is 4.74 Å². The molecule has 6 heteroatoms. The molecule has 0 bridgehead atoms. The van der Waals surface area contributed by atoms with Gasteiger partial charge < -0.3 is 15.2 Å². The summed E-state index contributed by atoms with van der Waals surface area (Å²) in [5, 5.41) is 12.7. The molecule has 1 aromatic heterocycles. The zero-order chi connectivity index (χ0) is 13.8. The first-order chi connectivity index (χ1) is 8.35. The summed E-state index contributed by atoms with van der Waals surface area (Å²) < 4.78 is 5.87. The van der Waals surface area contributed by atoms with Gasteiger partial charge in [0.15, 0.2) is 0 Å². The Morgan fingerprint density at radius 3 is 2.83 bits per heavy atom. The number of aliphatic hydroxyl groups is 1. The number of halogens is 1. The number of ether oxygens (including phenoxy) is 1. The number of amides is 1. The molecule has 0 radical (unpaired) electrons. The van der Waals surface area contributed by atoms with E-state index in [0.717, 1.165) is 9.35 Å². The molecule has 1 aromatic rings. The van der Waals surface area contributed by atoms with E-state index in [2.05, 4.69) is 21.2 Å². The molecule has 1 amide bonds. The van der Waals surface area contributed by atoms with Crippen molar-refractivity contribution in [2.45, 2.75) is 25.9 Å². The van der Waals surface area contributed by atoms with Crippen molar-refractivity contribution in [3.8, 4) is 0 Å². The van der Waals surface area contributed by atoms with Crippen molar-refractivity contribution < 1.29 is 14.6 Å². The Kier molecular flexibility index (Phi) is 5.78. The lowest BCUT2D eigenvalue weighted by molar-refractivity contribution is 0.0244. The Balaban J connectivity index is 2.50. The highest BCUT2D eigenvalue weighted by Gasteiger charge is 2.21. The highest BCUT2D eigenvalue weighted by Crippen LogP contribution is 2.27. The number of carbonyl (C=O) groups excluding carboxylic acids is 1. The molecule has 1 atom stereocenters. The summed E-state index contributed by atoms with van der Waals surface area (Å²) >= 11 is 4.77. The van der Waals surface area contributed by atoms with Crippen molar-refractivity contribution in [1.29, 1.82) is 0 Å². The molecule has 0 aromatic carbocycles. The van der Waals surface area contributed by atoms with Crippen LogP contribution in [0.25, 0.3) is 0 Å². The van der Waals surface area contributed by atoms with E-state index in [9.17, 15) is 9.90 Å². The van der Waals surface area contributed by atoms with E-state index in [1.165, 1.54) is 11.3 Å². The van der Waals surface area contributed by atoms with E-state index in [-0.39, 0.29) is 12.5 Å². The van der Waals surface area contributed by atoms with Gasteiger partial charge in [-0.3, -0.25) is 4.79 Å². The number of rotatable bonds is 6. The van der Waals surface area contributed by atoms with Crippen LogP contribution < -0.4 is 5.32 Å². The molecule has 2 N–H and O–H groups in total. The lowest BCUT2D eigenvalue weighted by Gasteiger charge is -2.22. The third-order valence-electron chi connectivity index (χ3n) is 2.56. The van der Waals surface area contributed by atoms with Crippen molar-refractivity contribution in [3.05, 3.63) is 20.3 Å². The second-order valence-corrected chi connectivity index (χ2v) is 6.86. The number of methoxy groups -OCH3 is 1. The molecule has 0 spiro atoms. The van der Waals surface area contributed by atoms with Crippen molar-refractivity contribution in [2.24, 2.45) is 0 Å². The highest BCUT2D eigenvalue weighted by atomic mass is 79.9. The second kappa shape index (κ2) is 6.65. The maximum atomic E-state index is 11.9. The molecular weight excluding hydrogens is 318 g/mol. The predicted octanol–water partition coefficient (Wildman–Crippen LogP) is 2.34. The summed E-state index contributed by atoms with van der Waals surface area (Å²) in [4.78, 5) is 12.5. The maximum absolute atomic E-state index is 11.9. The average Bonchev–Trinajstić information content (AvgIpc) is 2.64. The maximum Gasteiger partial charge on any atom is 0.261 e. The summed E-state index contributed by atoms with van der Waals surface area (Å²) in [7, 11) is 1.58. The summed E-state index contributed by atoms with van der Waals surface area (Å²) in [6.07, 6.45) is 0.483. The molecule has 1 rings (SSSR count).